The summed E-state index contributed by atoms with van der Waals surface area (Å²) in [5.41, 5.74) is 3.88. The summed E-state index contributed by atoms with van der Waals surface area (Å²) in [4.78, 5) is 0.315. The molecule has 3 nitrogen and oxygen atoms in total. The summed E-state index contributed by atoms with van der Waals surface area (Å²) in [7, 11) is 0. The van der Waals surface area contributed by atoms with E-state index in [0.717, 1.165) is 11.3 Å². The predicted molar refractivity (Wildman–Crippen MR) is 118 cm³/mol. The summed E-state index contributed by atoms with van der Waals surface area (Å²) in [5, 5.41) is 17.2. The van der Waals surface area contributed by atoms with Gasteiger partial charge in [-0.25, -0.2) is 0 Å². The fraction of sp³-hybridized carbons (Fsp3) is 0.0909. The highest BCUT2D eigenvalue weighted by Gasteiger charge is 2.19. The van der Waals surface area contributed by atoms with Gasteiger partial charge in [-0.3, -0.25) is 0 Å². The summed E-state index contributed by atoms with van der Waals surface area (Å²) >= 11 is 17.7. The van der Waals surface area contributed by atoms with Gasteiger partial charge >= 0.3 is 0 Å². The molecule has 0 aliphatic heterocycles. The largest absolute Gasteiger partial charge is 0.867 e. The standard InChI is InChI=1S/C22H18Cl2N2OS/c1-14-6-8-17(12-15(14)2)25-22(28)20(26-10-4-3-5-11-26)21(27)16-7-9-18(23)19(24)13-16/h3-13H,1-2H3,(H-,25,27,28). The molecule has 2 aromatic carbocycles. The summed E-state index contributed by atoms with van der Waals surface area (Å²) in [6.45, 7) is 4.07. The number of aryl methyl sites for hydroxylation is 2. The van der Waals surface area contributed by atoms with Crippen LogP contribution in [0.3, 0.4) is 0 Å². The van der Waals surface area contributed by atoms with Crippen LogP contribution in [0.4, 0.5) is 5.69 Å². The van der Waals surface area contributed by atoms with Crippen molar-refractivity contribution in [1.82, 2.24) is 0 Å². The van der Waals surface area contributed by atoms with E-state index in [0.29, 0.717) is 26.3 Å². The summed E-state index contributed by atoms with van der Waals surface area (Å²) < 4.78 is 1.70. The molecule has 6 heteroatoms. The van der Waals surface area contributed by atoms with Crippen LogP contribution >= 0.6 is 35.4 Å². The van der Waals surface area contributed by atoms with Crippen LogP contribution in [-0.2, 0) is 0 Å². The van der Waals surface area contributed by atoms with Crippen LogP contribution in [0.2, 0.25) is 10.0 Å². The van der Waals surface area contributed by atoms with Crippen LogP contribution in [0.25, 0.3) is 11.5 Å². The number of pyridine rings is 1. The van der Waals surface area contributed by atoms with Crippen molar-refractivity contribution in [1.29, 1.82) is 0 Å². The molecule has 0 bridgehead atoms. The molecule has 0 amide bonds. The van der Waals surface area contributed by atoms with E-state index in [-0.39, 0.29) is 5.76 Å². The van der Waals surface area contributed by atoms with Gasteiger partial charge in [-0.05, 0) is 60.6 Å². The zero-order chi connectivity index (χ0) is 20.3. The maximum atomic E-state index is 13.3. The van der Waals surface area contributed by atoms with Crippen molar-refractivity contribution in [3.8, 4) is 0 Å². The number of hydrogen-bond acceptors (Lipinski definition) is 2. The number of rotatable bonds is 4. The van der Waals surface area contributed by atoms with Gasteiger partial charge in [-0.15, -0.1) is 0 Å². The molecule has 142 valence electrons. The number of anilines is 1. The number of nitrogens with one attached hydrogen (secondary N) is 1. The van der Waals surface area contributed by atoms with Crippen molar-refractivity contribution < 1.29 is 9.67 Å². The zero-order valence-electron chi connectivity index (χ0n) is 15.4. The summed E-state index contributed by atoms with van der Waals surface area (Å²) in [6, 6.07) is 16.3. The molecule has 0 saturated carbocycles. The maximum Gasteiger partial charge on any atom is 0.238 e. The second-order valence-corrected chi connectivity index (χ2v) is 7.57. The molecule has 1 N–H and O–H groups in total. The molecule has 1 heterocycles. The second kappa shape index (κ2) is 8.74. The Morgan fingerprint density at radius 3 is 2.29 bits per heavy atom. The minimum atomic E-state index is -0.254. The number of thiocarbonyl (C=S) groups is 1. The van der Waals surface area contributed by atoms with Crippen molar-refractivity contribution >= 4 is 57.6 Å². The van der Waals surface area contributed by atoms with E-state index < -0.39 is 0 Å². The third kappa shape index (κ3) is 4.53. The number of hydrogen-bond donors (Lipinski definition) is 1. The fourth-order valence-electron chi connectivity index (χ4n) is 2.67. The van der Waals surface area contributed by atoms with E-state index in [1.165, 1.54) is 5.56 Å². The smallest absolute Gasteiger partial charge is 0.238 e. The molecule has 0 aliphatic carbocycles. The highest BCUT2D eigenvalue weighted by Crippen LogP contribution is 2.26. The lowest BCUT2D eigenvalue weighted by molar-refractivity contribution is -0.577. The molecule has 0 fully saturated rings. The first-order chi connectivity index (χ1) is 13.4. The zero-order valence-corrected chi connectivity index (χ0v) is 17.7. The van der Waals surface area contributed by atoms with E-state index in [2.05, 4.69) is 5.32 Å². The molecule has 0 radical (unpaired) electrons. The van der Waals surface area contributed by atoms with E-state index in [9.17, 15) is 5.11 Å². The van der Waals surface area contributed by atoms with E-state index in [4.69, 9.17) is 35.4 Å². The molecule has 0 spiro atoms. The minimum Gasteiger partial charge on any atom is -0.867 e. The normalized spacial score (nSPS) is 11.7. The van der Waals surface area contributed by atoms with Crippen LogP contribution in [0, 0.1) is 13.8 Å². The lowest BCUT2D eigenvalue weighted by Gasteiger charge is -2.17. The number of nitrogens with zero attached hydrogens (tertiary/aromatic N) is 1. The molecule has 0 aliphatic rings. The number of halogens is 2. The molecule has 3 aromatic rings. The highest BCUT2D eigenvalue weighted by molar-refractivity contribution is 7.81. The third-order valence-electron chi connectivity index (χ3n) is 4.35. The summed E-state index contributed by atoms with van der Waals surface area (Å²) in [5.74, 6) is -0.254. The first kappa shape index (κ1) is 20.3. The predicted octanol–water partition coefficient (Wildman–Crippen LogP) is 5.02. The van der Waals surface area contributed by atoms with Gasteiger partial charge in [0.15, 0.2) is 17.4 Å². The first-order valence-electron chi connectivity index (χ1n) is 8.59. The molecule has 3 rings (SSSR count). The first-order valence-corrected chi connectivity index (χ1v) is 9.75. The van der Waals surface area contributed by atoms with Crippen molar-refractivity contribution in [3.05, 3.63) is 93.7 Å². The number of benzene rings is 2. The molecule has 0 unspecified atom stereocenters. The van der Waals surface area contributed by atoms with Crippen molar-refractivity contribution in [2.45, 2.75) is 13.8 Å². The number of aromatic nitrogens is 1. The summed E-state index contributed by atoms with van der Waals surface area (Å²) in [6.07, 6.45) is 3.55. The minimum absolute atomic E-state index is 0.254. The quantitative estimate of drug-likeness (QED) is 0.274. The Kier molecular flexibility index (Phi) is 6.35. The van der Waals surface area contributed by atoms with Crippen LogP contribution in [0.15, 0.2) is 67.0 Å². The van der Waals surface area contributed by atoms with Gasteiger partial charge in [0.1, 0.15) is 0 Å². The van der Waals surface area contributed by atoms with E-state index in [1.54, 1.807) is 35.2 Å². The lowest BCUT2D eigenvalue weighted by atomic mass is 10.1. The maximum absolute atomic E-state index is 13.3. The third-order valence-corrected chi connectivity index (χ3v) is 5.38. The highest BCUT2D eigenvalue weighted by atomic mass is 35.5. The van der Waals surface area contributed by atoms with Crippen LogP contribution in [-0.4, -0.2) is 4.99 Å². The van der Waals surface area contributed by atoms with Crippen LogP contribution in [0.1, 0.15) is 16.7 Å². The van der Waals surface area contributed by atoms with Crippen LogP contribution in [0.5, 0.6) is 0 Å². The molecule has 1 aromatic heterocycles. The molecule has 28 heavy (non-hydrogen) atoms. The molecular formula is C22H18Cl2N2OS. The Morgan fingerprint density at radius 1 is 0.929 bits per heavy atom. The van der Waals surface area contributed by atoms with Crippen LogP contribution < -0.4 is 15.0 Å². The topological polar surface area (TPSA) is 39.0 Å². The average molecular weight is 429 g/mol. The Balaban J connectivity index is 2.07. The fourth-order valence-corrected chi connectivity index (χ4v) is 3.28. The van der Waals surface area contributed by atoms with Gasteiger partial charge in [-0.2, -0.15) is 4.57 Å². The van der Waals surface area contributed by atoms with Gasteiger partial charge in [0.25, 0.3) is 0 Å². The van der Waals surface area contributed by atoms with Gasteiger partial charge < -0.3 is 10.4 Å². The molecule has 0 saturated heterocycles. The van der Waals surface area contributed by atoms with E-state index >= 15 is 0 Å². The second-order valence-electron chi connectivity index (χ2n) is 6.34. The van der Waals surface area contributed by atoms with Crippen molar-refractivity contribution in [2.24, 2.45) is 0 Å². The SMILES string of the molecule is Cc1ccc(NC(=S)/C(=C(\[O-])c2ccc(Cl)c(Cl)c2)[n+]2ccccc2)cc1C. The Bertz CT molecular complexity index is 1070. The van der Waals surface area contributed by atoms with Crippen molar-refractivity contribution in [2.75, 3.05) is 5.32 Å². The monoisotopic (exact) mass is 428 g/mol. The van der Waals surface area contributed by atoms with Gasteiger partial charge in [0.2, 0.25) is 5.70 Å². The van der Waals surface area contributed by atoms with Gasteiger partial charge in [-0.1, -0.05) is 53.6 Å². The molecular weight excluding hydrogens is 411 g/mol. The Hall–Kier alpha value is -2.40. The van der Waals surface area contributed by atoms with Gasteiger partial charge in [0.05, 0.1) is 10.0 Å². The van der Waals surface area contributed by atoms with Crippen molar-refractivity contribution in [3.63, 3.8) is 0 Å². The Morgan fingerprint density at radius 2 is 1.64 bits per heavy atom. The Labute approximate surface area is 179 Å². The average Bonchev–Trinajstić information content (AvgIpc) is 2.68. The van der Waals surface area contributed by atoms with Gasteiger partial charge in [0, 0.05) is 17.8 Å². The van der Waals surface area contributed by atoms with E-state index in [1.807, 2.05) is 50.2 Å². The lowest BCUT2D eigenvalue weighted by Crippen LogP contribution is -2.39. The molecule has 0 atom stereocenters.